The first-order valence-electron chi connectivity index (χ1n) is 6.60. The minimum absolute atomic E-state index is 0.0444. The van der Waals surface area contributed by atoms with Crippen molar-refractivity contribution in [2.45, 2.75) is 26.5 Å². The zero-order valence-electron chi connectivity index (χ0n) is 12.0. The number of nitrogens with one attached hydrogen (secondary N) is 1. The van der Waals surface area contributed by atoms with E-state index >= 15 is 0 Å². The van der Waals surface area contributed by atoms with Crippen molar-refractivity contribution in [1.29, 1.82) is 5.26 Å². The van der Waals surface area contributed by atoms with Gasteiger partial charge in [-0.2, -0.15) is 5.26 Å². The van der Waals surface area contributed by atoms with Gasteiger partial charge >= 0.3 is 0 Å². The summed E-state index contributed by atoms with van der Waals surface area (Å²) in [6.07, 6.45) is 3.24. The van der Waals surface area contributed by atoms with E-state index in [1.807, 2.05) is 26.0 Å². The normalized spacial score (nSPS) is 10.2. The monoisotopic (exact) mass is 283 g/mol. The van der Waals surface area contributed by atoms with Crippen LogP contribution in [-0.2, 0) is 6.54 Å². The number of nitriles is 1. The van der Waals surface area contributed by atoms with Crippen LogP contribution >= 0.6 is 0 Å². The Labute approximate surface area is 123 Å². The van der Waals surface area contributed by atoms with Crippen LogP contribution in [0, 0.1) is 11.3 Å². The lowest BCUT2D eigenvalue weighted by atomic mass is 10.2. The molecule has 0 bridgehead atoms. The lowest BCUT2D eigenvalue weighted by Gasteiger charge is -2.14. The summed E-state index contributed by atoms with van der Waals surface area (Å²) in [5.74, 6) is 1.07. The van der Waals surface area contributed by atoms with Crippen molar-refractivity contribution in [1.82, 2.24) is 9.97 Å². The van der Waals surface area contributed by atoms with Gasteiger partial charge in [-0.15, -0.1) is 0 Å². The molecule has 2 heterocycles. The van der Waals surface area contributed by atoms with E-state index in [0.29, 0.717) is 29.5 Å². The third-order valence-electron chi connectivity index (χ3n) is 2.67. The number of pyridine rings is 2. The number of nitrogen functional groups attached to an aromatic ring is 1. The molecule has 2 aromatic rings. The highest BCUT2D eigenvalue weighted by atomic mass is 16.5. The molecule has 108 valence electrons. The highest BCUT2D eigenvalue weighted by Gasteiger charge is 2.09. The molecule has 6 nitrogen and oxygen atoms in total. The molecule has 0 fully saturated rings. The van der Waals surface area contributed by atoms with E-state index in [9.17, 15) is 0 Å². The van der Waals surface area contributed by atoms with Crippen LogP contribution in [-0.4, -0.2) is 16.1 Å². The fourth-order valence-electron chi connectivity index (χ4n) is 1.77. The number of nitrogens with zero attached hydrogens (tertiary/aromatic N) is 3. The van der Waals surface area contributed by atoms with Crippen molar-refractivity contribution in [3.05, 3.63) is 41.7 Å². The maximum absolute atomic E-state index is 9.09. The maximum atomic E-state index is 9.09. The quantitative estimate of drug-likeness (QED) is 0.874. The van der Waals surface area contributed by atoms with Gasteiger partial charge in [-0.1, -0.05) is 6.07 Å². The molecule has 2 aromatic heterocycles. The first-order valence-corrected chi connectivity index (χ1v) is 6.60. The minimum atomic E-state index is 0.0444. The van der Waals surface area contributed by atoms with Crippen LogP contribution < -0.4 is 15.8 Å². The summed E-state index contributed by atoms with van der Waals surface area (Å²) in [5.41, 5.74) is 7.38. The van der Waals surface area contributed by atoms with E-state index in [2.05, 4.69) is 21.4 Å². The summed E-state index contributed by atoms with van der Waals surface area (Å²) in [7, 11) is 0. The molecule has 0 saturated carbocycles. The van der Waals surface area contributed by atoms with Crippen molar-refractivity contribution < 1.29 is 4.74 Å². The van der Waals surface area contributed by atoms with E-state index < -0.39 is 0 Å². The van der Waals surface area contributed by atoms with E-state index in [4.69, 9.17) is 15.7 Å². The molecule has 0 unspecified atom stereocenters. The van der Waals surface area contributed by atoms with Crippen molar-refractivity contribution in [3.8, 4) is 11.9 Å². The Hall–Kier alpha value is -2.81. The first-order chi connectivity index (χ1) is 10.1. The van der Waals surface area contributed by atoms with Crippen molar-refractivity contribution in [2.24, 2.45) is 0 Å². The Morgan fingerprint density at radius 2 is 2.24 bits per heavy atom. The first kappa shape index (κ1) is 14.6. The Bertz CT molecular complexity index is 663. The Morgan fingerprint density at radius 1 is 1.43 bits per heavy atom. The molecule has 0 spiro atoms. The van der Waals surface area contributed by atoms with Crippen LogP contribution in [0.2, 0.25) is 0 Å². The summed E-state index contributed by atoms with van der Waals surface area (Å²) in [5, 5.41) is 12.2. The lowest BCUT2D eigenvalue weighted by molar-refractivity contribution is 0.230. The summed E-state index contributed by atoms with van der Waals surface area (Å²) < 4.78 is 5.65. The molecular weight excluding hydrogens is 266 g/mol. The molecule has 0 aliphatic carbocycles. The van der Waals surface area contributed by atoms with E-state index in [1.54, 1.807) is 12.3 Å². The summed E-state index contributed by atoms with van der Waals surface area (Å²) in [6.45, 7) is 4.35. The molecule has 21 heavy (non-hydrogen) atoms. The molecule has 0 aliphatic heterocycles. The van der Waals surface area contributed by atoms with Gasteiger partial charge in [-0.25, -0.2) is 9.97 Å². The van der Waals surface area contributed by atoms with E-state index in [1.165, 1.54) is 6.20 Å². The van der Waals surface area contributed by atoms with Crippen LogP contribution in [0.15, 0.2) is 30.6 Å². The molecule has 0 radical (unpaired) electrons. The fraction of sp³-hybridized carbons (Fsp3) is 0.267. The minimum Gasteiger partial charge on any atom is -0.475 e. The second-order valence-electron chi connectivity index (χ2n) is 4.76. The van der Waals surface area contributed by atoms with Crippen LogP contribution in [0.1, 0.15) is 25.0 Å². The van der Waals surface area contributed by atoms with Crippen LogP contribution in [0.5, 0.6) is 5.88 Å². The number of hydrogen-bond acceptors (Lipinski definition) is 6. The summed E-state index contributed by atoms with van der Waals surface area (Å²) in [6, 6.07) is 7.41. The zero-order valence-corrected chi connectivity index (χ0v) is 12.0. The Kier molecular flexibility index (Phi) is 4.57. The molecule has 0 atom stereocenters. The second-order valence-corrected chi connectivity index (χ2v) is 4.76. The standard InChI is InChI=1S/C15H17N5O/c1-10(2)21-15-11(4-3-5-18-15)8-19-14-12(7-16)6-13(17)9-20-14/h3-6,9-10H,8,17H2,1-2H3,(H,19,20). The third kappa shape index (κ3) is 3.83. The van der Waals surface area contributed by atoms with Gasteiger partial charge in [0, 0.05) is 18.3 Å². The smallest absolute Gasteiger partial charge is 0.218 e. The molecule has 0 saturated heterocycles. The molecule has 6 heteroatoms. The molecule has 3 N–H and O–H groups in total. The predicted octanol–water partition coefficient (Wildman–Crippen LogP) is 2.33. The number of hydrogen-bond donors (Lipinski definition) is 2. The number of anilines is 2. The second kappa shape index (κ2) is 6.57. The summed E-state index contributed by atoms with van der Waals surface area (Å²) in [4.78, 5) is 8.36. The molecule has 0 amide bonds. The SMILES string of the molecule is CC(C)Oc1ncccc1CNc1ncc(N)cc1C#N. The number of ether oxygens (including phenoxy) is 1. The van der Waals surface area contributed by atoms with E-state index in [-0.39, 0.29) is 6.10 Å². The van der Waals surface area contributed by atoms with Gasteiger partial charge in [0.15, 0.2) is 0 Å². The van der Waals surface area contributed by atoms with Crippen molar-refractivity contribution in [2.75, 3.05) is 11.1 Å². The van der Waals surface area contributed by atoms with Gasteiger partial charge in [-0.05, 0) is 26.0 Å². The average molecular weight is 283 g/mol. The Morgan fingerprint density at radius 3 is 2.95 bits per heavy atom. The molecule has 2 rings (SSSR count). The Balaban J connectivity index is 2.15. The molecule has 0 aliphatic rings. The molecular formula is C15H17N5O. The van der Waals surface area contributed by atoms with Crippen LogP contribution in [0.4, 0.5) is 11.5 Å². The largest absolute Gasteiger partial charge is 0.475 e. The number of rotatable bonds is 5. The van der Waals surface area contributed by atoms with Gasteiger partial charge in [0.1, 0.15) is 11.9 Å². The topological polar surface area (TPSA) is 96.8 Å². The van der Waals surface area contributed by atoms with Gasteiger partial charge in [0.25, 0.3) is 0 Å². The summed E-state index contributed by atoms with van der Waals surface area (Å²) >= 11 is 0. The predicted molar refractivity (Wildman–Crippen MR) is 80.7 cm³/mol. The maximum Gasteiger partial charge on any atom is 0.218 e. The van der Waals surface area contributed by atoms with Crippen molar-refractivity contribution in [3.63, 3.8) is 0 Å². The van der Waals surface area contributed by atoms with Crippen molar-refractivity contribution >= 4 is 11.5 Å². The number of aromatic nitrogens is 2. The highest BCUT2D eigenvalue weighted by molar-refractivity contribution is 5.57. The fourth-order valence-corrected chi connectivity index (χ4v) is 1.77. The number of nitrogens with two attached hydrogens (primary N) is 1. The van der Waals surface area contributed by atoms with Gasteiger partial charge in [0.05, 0.1) is 23.6 Å². The van der Waals surface area contributed by atoms with E-state index in [0.717, 1.165) is 5.56 Å². The average Bonchev–Trinajstić information content (AvgIpc) is 2.46. The van der Waals surface area contributed by atoms with Crippen LogP contribution in [0.3, 0.4) is 0 Å². The highest BCUT2D eigenvalue weighted by Crippen LogP contribution is 2.19. The molecule has 0 aromatic carbocycles. The van der Waals surface area contributed by atoms with Crippen LogP contribution in [0.25, 0.3) is 0 Å². The van der Waals surface area contributed by atoms with Gasteiger partial charge in [0.2, 0.25) is 5.88 Å². The third-order valence-corrected chi connectivity index (χ3v) is 2.67. The van der Waals surface area contributed by atoms with Gasteiger partial charge in [-0.3, -0.25) is 0 Å². The van der Waals surface area contributed by atoms with Gasteiger partial charge < -0.3 is 15.8 Å². The zero-order chi connectivity index (χ0) is 15.2. The lowest BCUT2D eigenvalue weighted by Crippen LogP contribution is -2.11.